The Hall–Kier alpha value is -1.03. The molecule has 20 heavy (non-hydrogen) atoms. The first-order chi connectivity index (χ1) is 9.56. The number of hydrogen-bond acceptors (Lipinski definition) is 1. The van der Waals surface area contributed by atoms with Crippen LogP contribution in [0.3, 0.4) is 0 Å². The molecule has 2 aromatic carbocycles. The topological polar surface area (TPSA) is 29.1 Å². The second kappa shape index (κ2) is 7.11. The Bertz CT molecular complexity index is 631. The third-order valence-electron chi connectivity index (χ3n) is 2.80. The first-order valence-corrected chi connectivity index (χ1v) is 7.55. The molecule has 0 fully saturated rings. The molecule has 0 heterocycles. The van der Waals surface area contributed by atoms with Crippen LogP contribution in [0.2, 0.25) is 10.0 Å². The molecule has 0 spiro atoms. The molecule has 2 rings (SSSR count). The van der Waals surface area contributed by atoms with Gasteiger partial charge in [-0.15, -0.1) is 0 Å². The van der Waals surface area contributed by atoms with E-state index in [9.17, 15) is 4.79 Å². The smallest absolute Gasteiger partial charge is 0.224 e. The molecule has 0 aliphatic heterocycles. The quantitative estimate of drug-likeness (QED) is 0.833. The number of rotatable bonds is 4. The van der Waals surface area contributed by atoms with E-state index < -0.39 is 0 Å². The standard InChI is InChI=1S/C15H12BrCl2NO/c16-13-4-2-1-3-11(13)9-19-15(20)7-10-5-6-12(17)8-14(10)18/h1-6,8H,7,9H2,(H,19,20). The predicted molar refractivity (Wildman–Crippen MR) is 86.2 cm³/mol. The zero-order valence-electron chi connectivity index (χ0n) is 10.5. The van der Waals surface area contributed by atoms with Crippen molar-refractivity contribution >= 4 is 45.0 Å². The highest BCUT2D eigenvalue weighted by molar-refractivity contribution is 9.10. The van der Waals surface area contributed by atoms with Crippen LogP contribution in [0, 0.1) is 0 Å². The van der Waals surface area contributed by atoms with E-state index >= 15 is 0 Å². The number of amides is 1. The summed E-state index contributed by atoms with van der Waals surface area (Å²) < 4.78 is 0.977. The van der Waals surface area contributed by atoms with Crippen molar-refractivity contribution in [3.05, 3.63) is 68.1 Å². The van der Waals surface area contributed by atoms with E-state index in [1.807, 2.05) is 24.3 Å². The molecule has 2 aromatic rings. The summed E-state index contributed by atoms with van der Waals surface area (Å²) in [4.78, 5) is 11.9. The highest BCUT2D eigenvalue weighted by Gasteiger charge is 2.08. The number of benzene rings is 2. The monoisotopic (exact) mass is 371 g/mol. The maximum absolute atomic E-state index is 11.9. The zero-order valence-corrected chi connectivity index (χ0v) is 13.6. The van der Waals surface area contributed by atoms with Crippen LogP contribution in [-0.2, 0) is 17.8 Å². The molecule has 0 aliphatic rings. The van der Waals surface area contributed by atoms with Crippen LogP contribution in [-0.4, -0.2) is 5.91 Å². The fourth-order valence-corrected chi connectivity index (χ4v) is 2.64. The molecule has 0 atom stereocenters. The van der Waals surface area contributed by atoms with Crippen LogP contribution in [0.4, 0.5) is 0 Å². The van der Waals surface area contributed by atoms with Gasteiger partial charge in [0.05, 0.1) is 6.42 Å². The summed E-state index contributed by atoms with van der Waals surface area (Å²) in [6.07, 6.45) is 0.237. The Kier molecular flexibility index (Phi) is 5.46. The lowest BCUT2D eigenvalue weighted by Crippen LogP contribution is -2.24. The molecule has 2 nitrogen and oxygen atoms in total. The minimum atomic E-state index is -0.0787. The lowest BCUT2D eigenvalue weighted by molar-refractivity contribution is -0.120. The van der Waals surface area contributed by atoms with Gasteiger partial charge in [0, 0.05) is 21.1 Å². The molecule has 0 saturated heterocycles. The predicted octanol–water partition coefficient (Wildman–Crippen LogP) is 4.61. The van der Waals surface area contributed by atoms with Gasteiger partial charge in [-0.1, -0.05) is 63.4 Å². The summed E-state index contributed by atoms with van der Waals surface area (Å²) in [5.74, 6) is -0.0787. The van der Waals surface area contributed by atoms with Gasteiger partial charge in [-0.3, -0.25) is 4.79 Å². The number of halogens is 3. The minimum absolute atomic E-state index is 0.0787. The van der Waals surface area contributed by atoms with Gasteiger partial charge in [-0.2, -0.15) is 0 Å². The van der Waals surface area contributed by atoms with Crippen molar-refractivity contribution in [2.75, 3.05) is 0 Å². The van der Waals surface area contributed by atoms with Crippen LogP contribution in [0.1, 0.15) is 11.1 Å². The summed E-state index contributed by atoms with van der Waals surface area (Å²) in [5.41, 5.74) is 1.80. The minimum Gasteiger partial charge on any atom is -0.352 e. The van der Waals surface area contributed by atoms with E-state index in [1.54, 1.807) is 18.2 Å². The Morgan fingerprint density at radius 2 is 1.85 bits per heavy atom. The summed E-state index contributed by atoms with van der Waals surface area (Å²) in [7, 11) is 0. The average Bonchev–Trinajstić information content (AvgIpc) is 2.41. The second-order valence-electron chi connectivity index (χ2n) is 4.28. The van der Waals surface area contributed by atoms with Crippen molar-refractivity contribution in [3.63, 3.8) is 0 Å². The van der Waals surface area contributed by atoms with Crippen molar-refractivity contribution in [3.8, 4) is 0 Å². The fraction of sp³-hybridized carbons (Fsp3) is 0.133. The van der Waals surface area contributed by atoms with Gasteiger partial charge in [0.15, 0.2) is 0 Å². The first-order valence-electron chi connectivity index (χ1n) is 6.00. The number of carbonyl (C=O) groups excluding carboxylic acids is 1. The van der Waals surface area contributed by atoms with E-state index in [0.717, 1.165) is 15.6 Å². The summed E-state index contributed by atoms with van der Waals surface area (Å²) in [6, 6.07) is 12.9. The van der Waals surface area contributed by atoms with Crippen molar-refractivity contribution in [2.45, 2.75) is 13.0 Å². The molecule has 0 unspecified atom stereocenters. The summed E-state index contributed by atoms with van der Waals surface area (Å²) >= 11 is 15.3. The molecule has 0 saturated carbocycles. The average molecular weight is 373 g/mol. The van der Waals surface area contributed by atoms with Gasteiger partial charge < -0.3 is 5.32 Å². The third-order valence-corrected chi connectivity index (χ3v) is 4.16. The molecule has 0 bridgehead atoms. The van der Waals surface area contributed by atoms with Crippen LogP contribution in [0.25, 0.3) is 0 Å². The van der Waals surface area contributed by atoms with Crippen LogP contribution in [0.15, 0.2) is 46.9 Å². The molecule has 0 radical (unpaired) electrons. The van der Waals surface area contributed by atoms with E-state index in [4.69, 9.17) is 23.2 Å². The van der Waals surface area contributed by atoms with Crippen molar-refractivity contribution in [1.29, 1.82) is 0 Å². The molecule has 1 amide bonds. The van der Waals surface area contributed by atoms with E-state index in [0.29, 0.717) is 16.6 Å². The summed E-state index contributed by atoms with van der Waals surface area (Å²) in [6.45, 7) is 0.478. The highest BCUT2D eigenvalue weighted by atomic mass is 79.9. The first kappa shape index (κ1) is 15.4. The normalized spacial score (nSPS) is 10.3. The number of carbonyl (C=O) groups is 1. The third kappa shape index (κ3) is 4.23. The van der Waals surface area contributed by atoms with Gasteiger partial charge in [0.1, 0.15) is 0 Å². The van der Waals surface area contributed by atoms with Crippen LogP contribution in [0.5, 0.6) is 0 Å². The molecule has 1 N–H and O–H groups in total. The SMILES string of the molecule is O=C(Cc1ccc(Cl)cc1Cl)NCc1ccccc1Br. The molecular weight excluding hydrogens is 361 g/mol. The number of hydrogen-bond donors (Lipinski definition) is 1. The Morgan fingerprint density at radius 1 is 1.10 bits per heavy atom. The van der Waals surface area contributed by atoms with E-state index in [2.05, 4.69) is 21.2 Å². The molecule has 5 heteroatoms. The van der Waals surface area contributed by atoms with Gasteiger partial charge in [-0.25, -0.2) is 0 Å². The van der Waals surface area contributed by atoms with Gasteiger partial charge in [0.2, 0.25) is 5.91 Å². The van der Waals surface area contributed by atoms with E-state index in [1.165, 1.54) is 0 Å². The zero-order chi connectivity index (χ0) is 14.5. The van der Waals surface area contributed by atoms with Crippen LogP contribution < -0.4 is 5.32 Å². The van der Waals surface area contributed by atoms with Crippen molar-refractivity contribution < 1.29 is 4.79 Å². The molecule has 0 aliphatic carbocycles. The molecule has 0 aromatic heterocycles. The highest BCUT2D eigenvalue weighted by Crippen LogP contribution is 2.21. The van der Waals surface area contributed by atoms with Crippen LogP contribution >= 0.6 is 39.1 Å². The summed E-state index contributed by atoms with van der Waals surface area (Å²) in [5, 5.41) is 3.94. The fourth-order valence-electron chi connectivity index (χ4n) is 1.74. The van der Waals surface area contributed by atoms with Gasteiger partial charge in [0.25, 0.3) is 0 Å². The van der Waals surface area contributed by atoms with Gasteiger partial charge in [-0.05, 0) is 29.3 Å². The maximum Gasteiger partial charge on any atom is 0.224 e. The van der Waals surface area contributed by atoms with Gasteiger partial charge >= 0.3 is 0 Å². The Labute approximate surface area is 136 Å². The largest absolute Gasteiger partial charge is 0.352 e. The Balaban J connectivity index is 1.94. The molecule has 104 valence electrons. The molecular formula is C15H12BrCl2NO. The maximum atomic E-state index is 11.9. The van der Waals surface area contributed by atoms with Crippen molar-refractivity contribution in [1.82, 2.24) is 5.32 Å². The van der Waals surface area contributed by atoms with Crippen molar-refractivity contribution in [2.24, 2.45) is 0 Å². The second-order valence-corrected chi connectivity index (χ2v) is 5.98. The Morgan fingerprint density at radius 3 is 2.55 bits per heavy atom. The number of nitrogens with one attached hydrogen (secondary N) is 1. The lowest BCUT2D eigenvalue weighted by atomic mass is 10.1. The lowest BCUT2D eigenvalue weighted by Gasteiger charge is -2.08. The van der Waals surface area contributed by atoms with E-state index in [-0.39, 0.29) is 12.3 Å².